The average Bonchev–Trinajstić information content (AvgIpc) is 3.35. The van der Waals surface area contributed by atoms with Crippen molar-refractivity contribution in [3.05, 3.63) is 47.5 Å². The predicted octanol–water partition coefficient (Wildman–Crippen LogP) is 4.23. The van der Waals surface area contributed by atoms with Gasteiger partial charge in [0, 0.05) is 5.56 Å². The average molecular weight is 493 g/mol. The van der Waals surface area contributed by atoms with Crippen molar-refractivity contribution >= 4 is 11.8 Å². The lowest BCUT2D eigenvalue weighted by Gasteiger charge is -2.19. The highest BCUT2D eigenvalue weighted by Gasteiger charge is 2.20. The minimum absolute atomic E-state index is 0.0228. The maximum Gasteiger partial charge on any atom is 0.387 e. The van der Waals surface area contributed by atoms with Gasteiger partial charge < -0.3 is 29.6 Å². The van der Waals surface area contributed by atoms with Crippen molar-refractivity contribution in [2.24, 2.45) is 0 Å². The van der Waals surface area contributed by atoms with E-state index in [1.165, 1.54) is 25.3 Å². The smallest absolute Gasteiger partial charge is 0.387 e. The molecule has 1 fully saturated rings. The van der Waals surface area contributed by atoms with Crippen molar-refractivity contribution < 1.29 is 37.3 Å². The maximum absolute atomic E-state index is 12.5. The molecule has 0 bridgehead atoms. The van der Waals surface area contributed by atoms with Crippen molar-refractivity contribution in [1.82, 2.24) is 10.6 Å². The van der Waals surface area contributed by atoms with Crippen LogP contribution in [-0.4, -0.2) is 45.3 Å². The van der Waals surface area contributed by atoms with Gasteiger partial charge in [-0.2, -0.15) is 8.78 Å². The van der Waals surface area contributed by atoms with Crippen LogP contribution in [-0.2, 0) is 4.79 Å². The monoisotopic (exact) mass is 492 g/mol. The molecular weight excluding hydrogens is 462 g/mol. The fourth-order valence-electron chi connectivity index (χ4n) is 3.88. The number of amides is 2. The topological polar surface area (TPSA) is 95.1 Å². The third kappa shape index (κ3) is 7.21. The first kappa shape index (κ1) is 26.1. The second-order valence-corrected chi connectivity index (χ2v) is 8.15. The summed E-state index contributed by atoms with van der Waals surface area (Å²) >= 11 is 0. The summed E-state index contributed by atoms with van der Waals surface area (Å²) in [5.74, 6) is 0.0860. The molecule has 190 valence electrons. The lowest BCUT2D eigenvalue weighted by atomic mass is 10.1. The Kier molecular flexibility index (Phi) is 9.11. The molecule has 10 heteroatoms. The Bertz CT molecular complexity index is 1030. The van der Waals surface area contributed by atoms with Gasteiger partial charge in [0.1, 0.15) is 0 Å². The molecule has 2 amide bonds. The lowest BCUT2D eigenvalue weighted by Crippen LogP contribution is -2.38. The zero-order chi connectivity index (χ0) is 25.4. The number of hydrogen-bond donors (Lipinski definition) is 2. The molecule has 1 atom stereocenters. The molecule has 1 aliphatic rings. The van der Waals surface area contributed by atoms with Crippen molar-refractivity contribution in [3.8, 4) is 23.0 Å². The Morgan fingerprint density at radius 3 is 2.29 bits per heavy atom. The summed E-state index contributed by atoms with van der Waals surface area (Å²) in [6, 6.07) is 8.95. The molecular formula is C25H30F2N2O6. The van der Waals surface area contributed by atoms with Crippen LogP contribution in [0.3, 0.4) is 0 Å². The van der Waals surface area contributed by atoms with Gasteiger partial charge in [0.15, 0.2) is 23.0 Å². The highest BCUT2D eigenvalue weighted by Crippen LogP contribution is 2.34. The standard InChI is InChI=1S/C25H30F2N2O6/c1-15(16-8-10-19(21(12-16)32-2)34-18-6-4-5-7-18)29-23(30)14-28-24(31)17-9-11-20(35-25(26)27)22(13-17)33-3/h8-13,15,18,25H,4-7,14H2,1-3H3,(H,28,31)(H,29,30). The quantitative estimate of drug-likeness (QED) is 0.488. The molecule has 0 heterocycles. The minimum Gasteiger partial charge on any atom is -0.493 e. The Balaban J connectivity index is 1.55. The Labute approximate surface area is 202 Å². The number of ether oxygens (including phenoxy) is 4. The number of rotatable bonds is 11. The van der Waals surface area contributed by atoms with Gasteiger partial charge in [0.2, 0.25) is 5.91 Å². The van der Waals surface area contributed by atoms with E-state index in [0.29, 0.717) is 11.5 Å². The van der Waals surface area contributed by atoms with Crippen LogP contribution in [0.25, 0.3) is 0 Å². The minimum atomic E-state index is -3.02. The van der Waals surface area contributed by atoms with E-state index >= 15 is 0 Å². The molecule has 8 nitrogen and oxygen atoms in total. The van der Waals surface area contributed by atoms with Crippen LogP contribution in [0.1, 0.15) is 54.6 Å². The van der Waals surface area contributed by atoms with Gasteiger partial charge in [0.25, 0.3) is 5.91 Å². The van der Waals surface area contributed by atoms with Crippen molar-refractivity contribution in [1.29, 1.82) is 0 Å². The first-order valence-corrected chi connectivity index (χ1v) is 11.4. The second-order valence-electron chi connectivity index (χ2n) is 8.15. The van der Waals surface area contributed by atoms with Crippen LogP contribution >= 0.6 is 0 Å². The highest BCUT2D eigenvalue weighted by molar-refractivity contribution is 5.97. The highest BCUT2D eigenvalue weighted by atomic mass is 19.3. The van der Waals surface area contributed by atoms with Crippen molar-refractivity contribution in [2.45, 2.75) is 51.4 Å². The number of methoxy groups -OCH3 is 2. The molecule has 1 aliphatic carbocycles. The first-order valence-electron chi connectivity index (χ1n) is 11.4. The summed E-state index contributed by atoms with van der Waals surface area (Å²) in [4.78, 5) is 24.8. The summed E-state index contributed by atoms with van der Waals surface area (Å²) in [7, 11) is 2.84. The molecule has 0 aliphatic heterocycles. The van der Waals surface area contributed by atoms with E-state index < -0.39 is 18.4 Å². The van der Waals surface area contributed by atoms with Gasteiger partial charge in [-0.15, -0.1) is 0 Å². The van der Waals surface area contributed by atoms with Gasteiger partial charge in [-0.25, -0.2) is 0 Å². The molecule has 2 aromatic carbocycles. The number of nitrogens with one attached hydrogen (secondary N) is 2. The van der Waals surface area contributed by atoms with Crippen LogP contribution in [0.5, 0.6) is 23.0 Å². The summed E-state index contributed by atoms with van der Waals surface area (Å²) < 4.78 is 45.8. The van der Waals surface area contributed by atoms with Gasteiger partial charge in [-0.05, 0) is 68.5 Å². The number of carbonyl (C=O) groups excluding carboxylic acids is 2. The zero-order valence-corrected chi connectivity index (χ0v) is 19.9. The molecule has 1 saturated carbocycles. The summed E-state index contributed by atoms with van der Waals surface area (Å²) in [5.41, 5.74) is 0.951. The maximum atomic E-state index is 12.5. The van der Waals surface area contributed by atoms with Crippen LogP contribution in [0, 0.1) is 0 Å². The summed E-state index contributed by atoms with van der Waals surface area (Å²) in [6.07, 6.45) is 4.59. The van der Waals surface area contributed by atoms with E-state index in [2.05, 4.69) is 15.4 Å². The third-order valence-corrected chi connectivity index (χ3v) is 5.71. The van der Waals surface area contributed by atoms with E-state index in [1.807, 2.05) is 25.1 Å². The van der Waals surface area contributed by atoms with E-state index in [4.69, 9.17) is 14.2 Å². The van der Waals surface area contributed by atoms with Gasteiger partial charge in [-0.3, -0.25) is 9.59 Å². The molecule has 3 rings (SSSR count). The van der Waals surface area contributed by atoms with Crippen LogP contribution in [0.15, 0.2) is 36.4 Å². The van der Waals surface area contributed by atoms with E-state index in [0.717, 1.165) is 31.2 Å². The Morgan fingerprint density at radius 2 is 1.63 bits per heavy atom. The molecule has 2 N–H and O–H groups in total. The van der Waals surface area contributed by atoms with Crippen LogP contribution in [0.4, 0.5) is 8.78 Å². The molecule has 0 aromatic heterocycles. The Morgan fingerprint density at radius 1 is 0.971 bits per heavy atom. The zero-order valence-electron chi connectivity index (χ0n) is 19.9. The number of halogens is 2. The van der Waals surface area contributed by atoms with Gasteiger partial charge in [-0.1, -0.05) is 6.07 Å². The number of benzene rings is 2. The lowest BCUT2D eigenvalue weighted by molar-refractivity contribution is -0.120. The molecule has 0 spiro atoms. The summed E-state index contributed by atoms with van der Waals surface area (Å²) in [5, 5.41) is 5.32. The van der Waals surface area contributed by atoms with E-state index in [9.17, 15) is 18.4 Å². The normalized spacial score (nSPS) is 14.3. The number of hydrogen-bond acceptors (Lipinski definition) is 6. The van der Waals surface area contributed by atoms with Crippen LogP contribution in [0.2, 0.25) is 0 Å². The SMILES string of the molecule is COc1cc(C(=O)NCC(=O)NC(C)c2ccc(OC3CCCC3)c(OC)c2)ccc1OC(F)F. The van der Waals surface area contributed by atoms with Crippen molar-refractivity contribution in [3.63, 3.8) is 0 Å². The van der Waals surface area contributed by atoms with E-state index in [-0.39, 0.29) is 35.8 Å². The fourth-order valence-corrected chi connectivity index (χ4v) is 3.88. The largest absolute Gasteiger partial charge is 0.493 e. The predicted molar refractivity (Wildman–Crippen MR) is 124 cm³/mol. The fraction of sp³-hybridized carbons (Fsp3) is 0.440. The molecule has 0 saturated heterocycles. The van der Waals surface area contributed by atoms with Gasteiger partial charge in [0.05, 0.1) is 32.9 Å². The van der Waals surface area contributed by atoms with Crippen LogP contribution < -0.4 is 29.6 Å². The Hall–Kier alpha value is -3.56. The molecule has 0 radical (unpaired) electrons. The number of carbonyl (C=O) groups is 2. The molecule has 1 unspecified atom stereocenters. The van der Waals surface area contributed by atoms with Crippen molar-refractivity contribution in [2.75, 3.05) is 20.8 Å². The molecule has 2 aromatic rings. The summed E-state index contributed by atoms with van der Waals surface area (Å²) in [6.45, 7) is -1.48. The number of alkyl halides is 2. The third-order valence-electron chi connectivity index (χ3n) is 5.71. The second kappa shape index (κ2) is 12.2. The molecule has 35 heavy (non-hydrogen) atoms. The van der Waals surface area contributed by atoms with E-state index in [1.54, 1.807) is 7.11 Å². The van der Waals surface area contributed by atoms with Gasteiger partial charge >= 0.3 is 6.61 Å². The first-order chi connectivity index (χ1) is 16.8.